The second-order valence-corrected chi connectivity index (χ2v) is 8.81. The van der Waals surface area contributed by atoms with Crippen LogP contribution in [0.4, 0.5) is 13.2 Å². The van der Waals surface area contributed by atoms with Gasteiger partial charge in [0.25, 0.3) is 11.5 Å². The molecular weight excluding hydrogens is 459 g/mol. The minimum absolute atomic E-state index is 0.0617. The lowest BCUT2D eigenvalue weighted by molar-refractivity contribution is -0.140. The second kappa shape index (κ2) is 8.84. The molecule has 1 aliphatic rings. The molecule has 2 aromatic carbocycles. The first-order valence-electron chi connectivity index (χ1n) is 11.4. The van der Waals surface area contributed by atoms with E-state index in [9.17, 15) is 22.8 Å². The van der Waals surface area contributed by atoms with Crippen molar-refractivity contribution in [3.63, 3.8) is 0 Å². The minimum atomic E-state index is -4.56. The van der Waals surface area contributed by atoms with Gasteiger partial charge in [0.1, 0.15) is 6.54 Å². The maximum absolute atomic E-state index is 13.5. The van der Waals surface area contributed by atoms with E-state index in [-0.39, 0.29) is 16.8 Å². The minimum Gasteiger partial charge on any atom is -0.337 e. The van der Waals surface area contributed by atoms with E-state index < -0.39 is 18.3 Å². The van der Waals surface area contributed by atoms with E-state index in [2.05, 4.69) is 10.00 Å². The van der Waals surface area contributed by atoms with Gasteiger partial charge in [0.2, 0.25) is 0 Å². The fourth-order valence-electron chi connectivity index (χ4n) is 4.71. The number of pyridine rings is 1. The fourth-order valence-corrected chi connectivity index (χ4v) is 4.71. The third-order valence-electron chi connectivity index (χ3n) is 6.40. The van der Waals surface area contributed by atoms with Crippen LogP contribution in [0.25, 0.3) is 27.5 Å². The number of aromatic nitrogens is 3. The highest BCUT2D eigenvalue weighted by Gasteiger charge is 2.31. The van der Waals surface area contributed by atoms with E-state index in [1.165, 1.54) is 16.9 Å². The summed E-state index contributed by atoms with van der Waals surface area (Å²) in [7, 11) is 2.02. The van der Waals surface area contributed by atoms with Gasteiger partial charge in [-0.05, 0) is 38.2 Å². The first-order valence-corrected chi connectivity index (χ1v) is 11.4. The molecule has 7 nitrogen and oxygen atoms in total. The van der Waals surface area contributed by atoms with Crippen LogP contribution < -0.4 is 5.56 Å². The van der Waals surface area contributed by atoms with Gasteiger partial charge in [-0.15, -0.1) is 0 Å². The molecule has 10 heteroatoms. The standard InChI is InChI=1S/C25H24F3N5O2/c1-30-11-6-12-31(14-13-30)23(34)18-8-3-5-10-21(18)33-22-17-7-2-4-9-20(17)32(16-25(26,27)28)24(35)19(22)15-29-33/h2-5,7-10,15H,6,11-14,16H2,1H3. The number of likely N-dealkylation sites (N-methyl/N-ethyl adjacent to an activating group) is 1. The zero-order valence-corrected chi connectivity index (χ0v) is 19.1. The predicted octanol–water partition coefficient (Wildman–Crippen LogP) is 3.68. The first kappa shape index (κ1) is 23.1. The zero-order chi connectivity index (χ0) is 24.7. The lowest BCUT2D eigenvalue weighted by Crippen LogP contribution is -2.35. The number of carbonyl (C=O) groups excluding carboxylic acids is 1. The van der Waals surface area contributed by atoms with Crippen molar-refractivity contribution in [2.24, 2.45) is 0 Å². The zero-order valence-electron chi connectivity index (χ0n) is 19.1. The van der Waals surface area contributed by atoms with Crippen molar-refractivity contribution in [1.82, 2.24) is 24.1 Å². The molecule has 35 heavy (non-hydrogen) atoms. The largest absolute Gasteiger partial charge is 0.406 e. The number of para-hydroxylation sites is 2. The van der Waals surface area contributed by atoms with E-state index in [1.54, 1.807) is 42.5 Å². The molecule has 0 bridgehead atoms. The van der Waals surface area contributed by atoms with Gasteiger partial charge in [0.15, 0.2) is 0 Å². The van der Waals surface area contributed by atoms with Crippen LogP contribution in [-0.4, -0.2) is 69.5 Å². The van der Waals surface area contributed by atoms with E-state index in [4.69, 9.17) is 0 Å². The number of amides is 1. The van der Waals surface area contributed by atoms with Crippen molar-refractivity contribution in [3.8, 4) is 5.69 Å². The highest BCUT2D eigenvalue weighted by atomic mass is 19.4. The van der Waals surface area contributed by atoms with Gasteiger partial charge in [0, 0.05) is 25.0 Å². The number of carbonyl (C=O) groups is 1. The quantitative estimate of drug-likeness (QED) is 0.446. The molecule has 1 saturated heterocycles. The summed E-state index contributed by atoms with van der Waals surface area (Å²) in [4.78, 5) is 30.6. The number of alkyl halides is 3. The molecule has 1 fully saturated rings. The summed E-state index contributed by atoms with van der Waals surface area (Å²) in [6.45, 7) is 1.50. The number of fused-ring (bicyclic) bond motifs is 3. The van der Waals surface area contributed by atoms with Crippen LogP contribution in [0, 0.1) is 0 Å². The van der Waals surface area contributed by atoms with Gasteiger partial charge >= 0.3 is 6.18 Å². The molecule has 0 radical (unpaired) electrons. The maximum Gasteiger partial charge on any atom is 0.406 e. The molecule has 0 spiro atoms. The molecule has 182 valence electrons. The summed E-state index contributed by atoms with van der Waals surface area (Å²) in [6.07, 6.45) is -2.42. The van der Waals surface area contributed by atoms with E-state index in [1.807, 2.05) is 11.9 Å². The van der Waals surface area contributed by atoms with Crippen molar-refractivity contribution >= 4 is 27.7 Å². The predicted molar refractivity (Wildman–Crippen MR) is 127 cm³/mol. The molecule has 1 amide bonds. The molecule has 2 aromatic heterocycles. The Morgan fingerprint density at radius 2 is 1.71 bits per heavy atom. The second-order valence-electron chi connectivity index (χ2n) is 8.81. The SMILES string of the molecule is CN1CCCN(C(=O)c2ccccc2-n2ncc3c(=O)n(CC(F)(F)F)c4ccccc4c32)CC1. The Morgan fingerprint density at radius 1 is 0.971 bits per heavy atom. The van der Waals surface area contributed by atoms with Gasteiger partial charge in [0.05, 0.1) is 33.9 Å². The molecule has 1 aliphatic heterocycles. The summed E-state index contributed by atoms with van der Waals surface area (Å²) in [5, 5.41) is 4.88. The molecule has 0 unspecified atom stereocenters. The van der Waals surface area contributed by atoms with Crippen molar-refractivity contribution in [2.75, 3.05) is 33.2 Å². The molecule has 0 aliphatic carbocycles. The van der Waals surface area contributed by atoms with Crippen LogP contribution in [0.5, 0.6) is 0 Å². The summed E-state index contributed by atoms with van der Waals surface area (Å²) in [5.41, 5.74) is 0.652. The van der Waals surface area contributed by atoms with E-state index >= 15 is 0 Å². The van der Waals surface area contributed by atoms with E-state index in [0.29, 0.717) is 35.2 Å². The van der Waals surface area contributed by atoms with Crippen LogP contribution in [0.3, 0.4) is 0 Å². The van der Waals surface area contributed by atoms with Gasteiger partial charge in [-0.1, -0.05) is 30.3 Å². The third-order valence-corrected chi connectivity index (χ3v) is 6.40. The number of nitrogens with zero attached hydrogens (tertiary/aromatic N) is 5. The number of halogens is 3. The molecule has 0 atom stereocenters. The molecule has 3 heterocycles. The first-order chi connectivity index (χ1) is 16.7. The Labute approximate surface area is 199 Å². The molecule has 0 N–H and O–H groups in total. The molecule has 5 rings (SSSR count). The van der Waals surface area contributed by atoms with Gasteiger partial charge in [-0.25, -0.2) is 4.68 Å². The molecule has 0 saturated carbocycles. The summed E-state index contributed by atoms with van der Waals surface area (Å²) >= 11 is 0. The summed E-state index contributed by atoms with van der Waals surface area (Å²) < 4.78 is 42.0. The smallest absolute Gasteiger partial charge is 0.337 e. The average Bonchev–Trinajstić information content (AvgIpc) is 3.16. The summed E-state index contributed by atoms with van der Waals surface area (Å²) in [5.74, 6) is -0.144. The normalized spacial score (nSPS) is 15.6. The number of benzene rings is 2. The van der Waals surface area contributed by atoms with Crippen molar-refractivity contribution in [2.45, 2.75) is 19.1 Å². The topological polar surface area (TPSA) is 63.4 Å². The average molecular weight is 483 g/mol. The van der Waals surface area contributed by atoms with Crippen molar-refractivity contribution in [1.29, 1.82) is 0 Å². The van der Waals surface area contributed by atoms with Gasteiger partial charge < -0.3 is 9.80 Å². The Morgan fingerprint density at radius 3 is 2.51 bits per heavy atom. The highest BCUT2D eigenvalue weighted by Crippen LogP contribution is 2.29. The van der Waals surface area contributed by atoms with E-state index in [0.717, 1.165) is 24.1 Å². The highest BCUT2D eigenvalue weighted by molar-refractivity contribution is 6.05. The van der Waals surface area contributed by atoms with Crippen LogP contribution in [0.1, 0.15) is 16.8 Å². The third kappa shape index (κ3) is 4.29. The number of rotatable bonds is 3. The number of hydrogen-bond donors (Lipinski definition) is 0. The van der Waals surface area contributed by atoms with Crippen LogP contribution in [-0.2, 0) is 6.54 Å². The van der Waals surface area contributed by atoms with Gasteiger partial charge in [-0.3, -0.25) is 14.2 Å². The fraction of sp³-hybridized carbons (Fsp3) is 0.320. The van der Waals surface area contributed by atoms with Crippen LogP contribution in [0.2, 0.25) is 0 Å². The number of hydrogen-bond acceptors (Lipinski definition) is 4. The maximum atomic E-state index is 13.5. The van der Waals surface area contributed by atoms with Crippen LogP contribution in [0.15, 0.2) is 59.5 Å². The van der Waals surface area contributed by atoms with Crippen molar-refractivity contribution < 1.29 is 18.0 Å². The Kier molecular flexibility index (Phi) is 5.84. The lowest BCUT2D eigenvalue weighted by atomic mass is 10.1. The monoisotopic (exact) mass is 483 g/mol. The van der Waals surface area contributed by atoms with Crippen LogP contribution >= 0.6 is 0 Å². The Hall–Kier alpha value is -3.66. The van der Waals surface area contributed by atoms with Gasteiger partial charge in [-0.2, -0.15) is 18.3 Å². The molecule has 4 aromatic rings. The molecular formula is C25H24F3N5O2. The summed E-state index contributed by atoms with van der Waals surface area (Å²) in [6, 6.07) is 13.4. The Bertz CT molecular complexity index is 1470. The Balaban J connectivity index is 1.69. The lowest BCUT2D eigenvalue weighted by Gasteiger charge is -2.22. The van der Waals surface area contributed by atoms with Crippen molar-refractivity contribution in [3.05, 3.63) is 70.6 Å².